The SMILES string of the molecule is O=[N+]([O-])c1cc(NCc2cnc(Cl)s2)ccc1N1CCOCC1. The van der Waals surface area contributed by atoms with Gasteiger partial charge in [0.15, 0.2) is 4.47 Å². The number of morpholine rings is 1. The second-order valence-electron chi connectivity index (χ2n) is 4.99. The van der Waals surface area contributed by atoms with Crippen LogP contribution < -0.4 is 10.2 Å². The maximum atomic E-state index is 11.4. The van der Waals surface area contributed by atoms with Crippen molar-refractivity contribution in [3.8, 4) is 0 Å². The molecule has 1 saturated heterocycles. The molecule has 9 heteroatoms. The average molecular weight is 355 g/mol. The number of thiazole rings is 1. The van der Waals surface area contributed by atoms with E-state index >= 15 is 0 Å². The van der Waals surface area contributed by atoms with E-state index in [9.17, 15) is 10.1 Å². The molecule has 122 valence electrons. The number of nitrogens with one attached hydrogen (secondary N) is 1. The molecule has 3 rings (SSSR count). The van der Waals surface area contributed by atoms with Crippen LogP contribution in [0.25, 0.3) is 0 Å². The summed E-state index contributed by atoms with van der Waals surface area (Å²) < 4.78 is 5.78. The Morgan fingerprint density at radius 2 is 2.22 bits per heavy atom. The fourth-order valence-corrected chi connectivity index (χ4v) is 3.32. The first-order chi connectivity index (χ1) is 11.1. The van der Waals surface area contributed by atoms with Gasteiger partial charge in [-0.05, 0) is 12.1 Å². The molecule has 1 N–H and O–H groups in total. The number of nitro groups is 1. The molecule has 1 aromatic carbocycles. The van der Waals surface area contributed by atoms with E-state index in [1.807, 2.05) is 11.0 Å². The van der Waals surface area contributed by atoms with Crippen LogP contribution in [0, 0.1) is 10.1 Å². The highest BCUT2D eigenvalue weighted by Crippen LogP contribution is 2.32. The number of halogens is 1. The number of ether oxygens (including phenoxy) is 1. The largest absolute Gasteiger partial charge is 0.380 e. The first-order valence-electron chi connectivity index (χ1n) is 7.09. The van der Waals surface area contributed by atoms with Crippen molar-refractivity contribution in [2.75, 3.05) is 36.5 Å². The molecule has 7 nitrogen and oxygen atoms in total. The summed E-state index contributed by atoms with van der Waals surface area (Å²) in [5.41, 5.74) is 1.42. The minimum absolute atomic E-state index is 0.0965. The average Bonchev–Trinajstić information content (AvgIpc) is 2.99. The van der Waals surface area contributed by atoms with Crippen LogP contribution in [-0.4, -0.2) is 36.2 Å². The van der Waals surface area contributed by atoms with Crippen LogP contribution in [0.4, 0.5) is 17.1 Å². The lowest BCUT2D eigenvalue weighted by Crippen LogP contribution is -2.36. The fourth-order valence-electron chi connectivity index (χ4n) is 2.41. The minimum atomic E-state index is -0.348. The molecule has 1 aliphatic rings. The van der Waals surface area contributed by atoms with E-state index in [4.69, 9.17) is 16.3 Å². The molecule has 2 aromatic rings. The number of nitrogens with zero attached hydrogens (tertiary/aromatic N) is 3. The first-order valence-corrected chi connectivity index (χ1v) is 8.28. The van der Waals surface area contributed by atoms with Crippen molar-refractivity contribution >= 4 is 40.0 Å². The molecule has 0 unspecified atom stereocenters. The van der Waals surface area contributed by atoms with Crippen molar-refractivity contribution in [2.45, 2.75) is 6.54 Å². The molecule has 23 heavy (non-hydrogen) atoms. The summed E-state index contributed by atoms with van der Waals surface area (Å²) in [7, 11) is 0. The van der Waals surface area contributed by atoms with Gasteiger partial charge in [-0.1, -0.05) is 11.6 Å². The van der Waals surface area contributed by atoms with Gasteiger partial charge in [-0.15, -0.1) is 11.3 Å². The number of rotatable bonds is 5. The molecule has 1 aliphatic heterocycles. The lowest BCUT2D eigenvalue weighted by molar-refractivity contribution is -0.384. The van der Waals surface area contributed by atoms with Crippen molar-refractivity contribution in [1.29, 1.82) is 0 Å². The molecule has 2 heterocycles. The Labute approximate surface area is 142 Å². The zero-order valence-electron chi connectivity index (χ0n) is 12.2. The van der Waals surface area contributed by atoms with Gasteiger partial charge in [-0.2, -0.15) is 0 Å². The van der Waals surface area contributed by atoms with Crippen LogP contribution in [0.3, 0.4) is 0 Å². The molecule has 0 saturated carbocycles. The van der Waals surface area contributed by atoms with Crippen molar-refractivity contribution in [1.82, 2.24) is 4.98 Å². The van der Waals surface area contributed by atoms with Crippen LogP contribution >= 0.6 is 22.9 Å². The Kier molecular flexibility index (Phi) is 4.94. The zero-order chi connectivity index (χ0) is 16.2. The van der Waals surface area contributed by atoms with Crippen LogP contribution in [0.15, 0.2) is 24.4 Å². The van der Waals surface area contributed by atoms with E-state index in [-0.39, 0.29) is 10.6 Å². The maximum absolute atomic E-state index is 11.4. The van der Waals surface area contributed by atoms with Gasteiger partial charge in [0.1, 0.15) is 5.69 Å². The lowest BCUT2D eigenvalue weighted by Gasteiger charge is -2.28. The van der Waals surface area contributed by atoms with Gasteiger partial charge in [0, 0.05) is 35.9 Å². The van der Waals surface area contributed by atoms with Gasteiger partial charge in [-0.3, -0.25) is 10.1 Å². The Morgan fingerprint density at radius 1 is 1.43 bits per heavy atom. The third kappa shape index (κ3) is 3.90. The molecule has 0 radical (unpaired) electrons. The van der Waals surface area contributed by atoms with E-state index in [0.717, 1.165) is 4.88 Å². The smallest absolute Gasteiger partial charge is 0.294 e. The summed E-state index contributed by atoms with van der Waals surface area (Å²) in [6.45, 7) is 3.02. The van der Waals surface area contributed by atoms with Crippen molar-refractivity contribution < 1.29 is 9.66 Å². The highest BCUT2D eigenvalue weighted by atomic mass is 35.5. The van der Waals surface area contributed by atoms with Gasteiger partial charge in [0.2, 0.25) is 0 Å². The standard InChI is InChI=1S/C14H15ClN4O3S/c15-14-17-9-11(23-14)8-16-10-1-2-12(13(7-10)19(20)21)18-3-5-22-6-4-18/h1-2,7,9,16H,3-6,8H2. The molecule has 0 aliphatic carbocycles. The molecule has 1 aromatic heterocycles. The summed E-state index contributed by atoms with van der Waals surface area (Å²) >= 11 is 7.17. The number of nitro benzene ring substituents is 1. The minimum Gasteiger partial charge on any atom is -0.380 e. The van der Waals surface area contributed by atoms with E-state index in [1.165, 1.54) is 11.3 Å². The third-order valence-electron chi connectivity index (χ3n) is 3.52. The van der Waals surface area contributed by atoms with Crippen LogP contribution in [-0.2, 0) is 11.3 Å². The molecule has 0 amide bonds. The second-order valence-corrected chi connectivity index (χ2v) is 6.69. The van der Waals surface area contributed by atoms with Gasteiger partial charge in [0.25, 0.3) is 5.69 Å². The maximum Gasteiger partial charge on any atom is 0.294 e. The molecule has 1 fully saturated rings. The highest BCUT2D eigenvalue weighted by molar-refractivity contribution is 7.15. The molecule has 0 spiro atoms. The predicted molar refractivity (Wildman–Crippen MR) is 90.6 cm³/mol. The first kappa shape index (κ1) is 16.0. The van der Waals surface area contributed by atoms with Crippen molar-refractivity contribution in [2.24, 2.45) is 0 Å². The number of hydrogen-bond donors (Lipinski definition) is 1. The predicted octanol–water partition coefficient (Wildman–Crippen LogP) is 3.15. The Morgan fingerprint density at radius 3 is 2.87 bits per heavy atom. The topological polar surface area (TPSA) is 80.5 Å². The molecule has 0 atom stereocenters. The van der Waals surface area contributed by atoms with E-state index in [0.29, 0.717) is 48.7 Å². The van der Waals surface area contributed by atoms with Crippen LogP contribution in [0.1, 0.15) is 4.88 Å². The number of anilines is 2. The van der Waals surface area contributed by atoms with E-state index < -0.39 is 0 Å². The molecular formula is C14H15ClN4O3S. The number of aromatic nitrogens is 1. The summed E-state index contributed by atoms with van der Waals surface area (Å²) in [5.74, 6) is 0. The zero-order valence-corrected chi connectivity index (χ0v) is 13.8. The molecule has 0 bridgehead atoms. The van der Waals surface area contributed by atoms with Crippen LogP contribution in [0.5, 0.6) is 0 Å². The Bertz CT molecular complexity index is 703. The lowest BCUT2D eigenvalue weighted by atomic mass is 10.2. The number of benzene rings is 1. The van der Waals surface area contributed by atoms with E-state index in [1.54, 1.807) is 18.3 Å². The monoisotopic (exact) mass is 354 g/mol. The summed E-state index contributed by atoms with van der Waals surface area (Å²) in [6.07, 6.45) is 1.69. The summed E-state index contributed by atoms with van der Waals surface area (Å²) in [6, 6.07) is 5.19. The second kappa shape index (κ2) is 7.12. The van der Waals surface area contributed by atoms with Crippen molar-refractivity contribution in [3.05, 3.63) is 43.9 Å². The summed E-state index contributed by atoms with van der Waals surface area (Å²) in [4.78, 5) is 18.0. The quantitative estimate of drug-likeness (QED) is 0.656. The van der Waals surface area contributed by atoms with Crippen molar-refractivity contribution in [3.63, 3.8) is 0 Å². The highest BCUT2D eigenvalue weighted by Gasteiger charge is 2.21. The van der Waals surface area contributed by atoms with Gasteiger partial charge < -0.3 is 15.0 Å². The van der Waals surface area contributed by atoms with Gasteiger partial charge in [0.05, 0.1) is 24.7 Å². The fraction of sp³-hybridized carbons (Fsp3) is 0.357. The summed E-state index contributed by atoms with van der Waals surface area (Å²) in [5, 5.41) is 14.6. The van der Waals surface area contributed by atoms with E-state index in [2.05, 4.69) is 10.3 Å². The normalized spacial score (nSPS) is 14.7. The van der Waals surface area contributed by atoms with Crippen LogP contribution in [0.2, 0.25) is 4.47 Å². The molecular weight excluding hydrogens is 340 g/mol. The Hall–Kier alpha value is -1.90. The number of hydrogen-bond acceptors (Lipinski definition) is 7. The van der Waals surface area contributed by atoms with Gasteiger partial charge >= 0.3 is 0 Å². The third-order valence-corrected chi connectivity index (χ3v) is 4.63. The van der Waals surface area contributed by atoms with Gasteiger partial charge in [-0.25, -0.2) is 4.98 Å². The Balaban J connectivity index is 1.77.